The van der Waals surface area contributed by atoms with Crippen LogP contribution in [0.1, 0.15) is 0 Å². The Bertz CT molecular complexity index is 371. The number of alkyl halides is 2. The first-order valence-corrected chi connectivity index (χ1v) is 18.0. The van der Waals surface area contributed by atoms with Crippen molar-refractivity contribution in [3.8, 4) is 0 Å². The van der Waals surface area contributed by atoms with Crippen molar-refractivity contribution < 1.29 is 0 Å². The molecular formula is C12H15Br4NSe. The number of hydrogen-bond donors (Lipinski definition) is 0. The zero-order chi connectivity index (χ0) is 13.2. The summed E-state index contributed by atoms with van der Waals surface area (Å²) in [6.45, 7) is 2.24. The SMILES string of the molecule is BrCC1CN(c2ccccc2)CC(CBr)[Se]1(Br)Br. The molecule has 0 N–H and O–H groups in total. The van der Waals surface area contributed by atoms with E-state index in [1.54, 1.807) is 0 Å². The number of rotatable bonds is 3. The van der Waals surface area contributed by atoms with E-state index < -0.39 is 9.23 Å². The Morgan fingerprint density at radius 3 is 1.94 bits per heavy atom. The van der Waals surface area contributed by atoms with Gasteiger partial charge in [-0.25, -0.2) is 0 Å². The summed E-state index contributed by atoms with van der Waals surface area (Å²) in [4.78, 5) is 3.87. The molecule has 6 heteroatoms. The van der Waals surface area contributed by atoms with E-state index in [2.05, 4.69) is 95.3 Å². The van der Waals surface area contributed by atoms with Gasteiger partial charge in [0.2, 0.25) is 0 Å². The van der Waals surface area contributed by atoms with Crippen LogP contribution in [0.5, 0.6) is 0 Å². The molecule has 0 aliphatic carbocycles. The van der Waals surface area contributed by atoms with Crippen molar-refractivity contribution in [1.29, 1.82) is 0 Å². The van der Waals surface area contributed by atoms with Gasteiger partial charge in [0.15, 0.2) is 0 Å². The van der Waals surface area contributed by atoms with Crippen LogP contribution in [0.15, 0.2) is 30.3 Å². The molecule has 1 heterocycles. The van der Waals surface area contributed by atoms with Crippen molar-refractivity contribution in [2.75, 3.05) is 28.6 Å². The fourth-order valence-corrected chi connectivity index (χ4v) is 22.9. The summed E-state index contributed by atoms with van der Waals surface area (Å²) < 4.78 is 0. The van der Waals surface area contributed by atoms with Crippen LogP contribution in [0.2, 0.25) is 9.63 Å². The molecule has 18 heavy (non-hydrogen) atoms. The summed E-state index contributed by atoms with van der Waals surface area (Å²) in [5.41, 5.74) is 1.34. The fourth-order valence-electron chi connectivity index (χ4n) is 2.15. The first-order valence-electron chi connectivity index (χ1n) is 5.71. The molecule has 1 aliphatic rings. The fraction of sp³-hybridized carbons (Fsp3) is 0.500. The Balaban J connectivity index is 2.22. The number of hydrogen-bond acceptors (Lipinski definition) is 1. The minimum absolute atomic E-state index is 0.678. The van der Waals surface area contributed by atoms with Gasteiger partial charge in [-0.2, -0.15) is 0 Å². The van der Waals surface area contributed by atoms with Crippen molar-refractivity contribution in [1.82, 2.24) is 0 Å². The zero-order valence-electron chi connectivity index (χ0n) is 9.74. The average molecular weight is 572 g/mol. The van der Waals surface area contributed by atoms with E-state index >= 15 is 0 Å². The molecule has 1 fully saturated rings. The van der Waals surface area contributed by atoms with Crippen molar-refractivity contribution >= 4 is 75.0 Å². The standard InChI is InChI=1S/C12H15Br4NSe/c13-6-11-8-17(10-4-2-1-3-5-10)9-12(7-14)18(11,15)16/h1-5,11-12H,6-9H2. The number of halogens is 4. The van der Waals surface area contributed by atoms with Gasteiger partial charge in [-0.1, -0.05) is 0 Å². The van der Waals surface area contributed by atoms with E-state index in [9.17, 15) is 0 Å². The molecule has 0 spiro atoms. The third-order valence-electron chi connectivity index (χ3n) is 3.20. The van der Waals surface area contributed by atoms with E-state index in [0.717, 1.165) is 23.7 Å². The Labute approximate surface area is 142 Å². The number of benzene rings is 1. The van der Waals surface area contributed by atoms with Crippen molar-refractivity contribution in [2.24, 2.45) is 0 Å². The molecule has 1 aromatic rings. The number of nitrogens with zero attached hydrogens (tertiary/aromatic N) is 1. The first-order chi connectivity index (χ1) is 8.59. The summed E-state index contributed by atoms with van der Waals surface area (Å²) in [6, 6.07) is 10.7. The second-order valence-corrected chi connectivity index (χ2v) is 26.4. The molecular weight excluding hydrogens is 557 g/mol. The van der Waals surface area contributed by atoms with Gasteiger partial charge in [0.05, 0.1) is 0 Å². The molecule has 2 unspecified atom stereocenters. The van der Waals surface area contributed by atoms with Gasteiger partial charge in [-0.15, -0.1) is 0 Å². The molecule has 1 aliphatic heterocycles. The van der Waals surface area contributed by atoms with Crippen molar-refractivity contribution in [3.05, 3.63) is 30.3 Å². The number of para-hydroxylation sites is 1. The van der Waals surface area contributed by atoms with E-state index in [4.69, 9.17) is 0 Å². The molecule has 102 valence electrons. The van der Waals surface area contributed by atoms with Crippen LogP contribution in [0.4, 0.5) is 5.69 Å². The average Bonchev–Trinajstić information content (AvgIpc) is 2.39. The van der Waals surface area contributed by atoms with Crippen molar-refractivity contribution in [3.63, 3.8) is 0 Å². The molecule has 0 aromatic heterocycles. The van der Waals surface area contributed by atoms with Crippen molar-refractivity contribution in [2.45, 2.75) is 9.63 Å². The second kappa shape index (κ2) is 6.95. The summed E-state index contributed by atoms with van der Waals surface area (Å²) in [7, 11) is -1.73. The summed E-state index contributed by atoms with van der Waals surface area (Å²) in [5, 5.41) is 2.10. The van der Waals surface area contributed by atoms with Crippen LogP contribution >= 0.6 is 60.1 Å². The molecule has 0 bridgehead atoms. The van der Waals surface area contributed by atoms with E-state index in [-0.39, 0.29) is 0 Å². The first kappa shape index (κ1) is 15.8. The van der Waals surface area contributed by atoms with Gasteiger partial charge >= 0.3 is 144 Å². The second-order valence-electron chi connectivity index (χ2n) is 4.34. The molecule has 2 rings (SSSR count). The summed E-state index contributed by atoms with van der Waals surface area (Å²) >= 11 is 15.4. The van der Waals surface area contributed by atoms with Crippen LogP contribution in [-0.4, -0.2) is 33.0 Å². The Hall–Kier alpha value is 1.46. The van der Waals surface area contributed by atoms with E-state index in [1.165, 1.54) is 5.69 Å². The topological polar surface area (TPSA) is 3.24 Å². The molecule has 2 atom stereocenters. The molecule has 1 aromatic carbocycles. The van der Waals surface area contributed by atoms with E-state index in [1.807, 2.05) is 0 Å². The van der Waals surface area contributed by atoms with Crippen LogP contribution < -0.4 is 4.90 Å². The minimum atomic E-state index is -1.73. The van der Waals surface area contributed by atoms with Gasteiger partial charge in [-0.3, -0.25) is 0 Å². The molecule has 1 nitrogen and oxygen atoms in total. The molecule has 0 saturated carbocycles. The van der Waals surface area contributed by atoms with Gasteiger partial charge in [-0.05, 0) is 0 Å². The van der Waals surface area contributed by atoms with Crippen LogP contribution in [0, 0.1) is 0 Å². The van der Waals surface area contributed by atoms with Crippen LogP contribution in [-0.2, 0) is 0 Å². The Morgan fingerprint density at radius 1 is 1.00 bits per heavy atom. The molecule has 0 amide bonds. The maximum atomic E-state index is 4.03. The van der Waals surface area contributed by atoms with Crippen LogP contribution in [0.25, 0.3) is 0 Å². The Morgan fingerprint density at radius 2 is 1.50 bits per heavy atom. The Kier molecular flexibility index (Phi) is 6.11. The quantitative estimate of drug-likeness (QED) is 0.353. The van der Waals surface area contributed by atoms with Gasteiger partial charge in [0.25, 0.3) is 0 Å². The molecule has 0 radical (unpaired) electrons. The van der Waals surface area contributed by atoms with Gasteiger partial charge in [0.1, 0.15) is 0 Å². The predicted octanol–water partition coefficient (Wildman–Crippen LogP) is 5.27. The third kappa shape index (κ3) is 3.37. The maximum absolute atomic E-state index is 4.03. The van der Waals surface area contributed by atoms with Gasteiger partial charge < -0.3 is 0 Å². The zero-order valence-corrected chi connectivity index (χ0v) is 17.8. The number of anilines is 1. The van der Waals surface area contributed by atoms with Crippen LogP contribution in [0.3, 0.4) is 0 Å². The summed E-state index contributed by atoms with van der Waals surface area (Å²) in [6.07, 6.45) is 0. The third-order valence-corrected chi connectivity index (χ3v) is 22.7. The monoisotopic (exact) mass is 569 g/mol. The van der Waals surface area contributed by atoms with Gasteiger partial charge in [0, 0.05) is 0 Å². The van der Waals surface area contributed by atoms with E-state index in [0.29, 0.717) is 9.63 Å². The predicted molar refractivity (Wildman–Crippen MR) is 97.4 cm³/mol. The normalized spacial score (nSPS) is 29.0. The summed E-state index contributed by atoms with van der Waals surface area (Å²) in [5.74, 6) is 0. The molecule has 1 saturated heterocycles.